The van der Waals surface area contributed by atoms with E-state index >= 15 is 0 Å². The Hall–Kier alpha value is -1.33. The van der Waals surface area contributed by atoms with E-state index in [1.54, 1.807) is 20.0 Å². The highest BCUT2D eigenvalue weighted by Crippen LogP contribution is 2.24. The summed E-state index contributed by atoms with van der Waals surface area (Å²) >= 11 is 0. The summed E-state index contributed by atoms with van der Waals surface area (Å²) in [5, 5.41) is 0.585. The van der Waals surface area contributed by atoms with E-state index < -0.39 is 9.84 Å². The monoisotopic (exact) mass is 266 g/mol. The van der Waals surface area contributed by atoms with E-state index in [-0.39, 0.29) is 11.0 Å². The van der Waals surface area contributed by atoms with Gasteiger partial charge in [-0.2, -0.15) is 0 Å². The number of sulfone groups is 1. The fraction of sp³-hybridized carbons (Fsp3) is 0.385. The molecule has 0 fully saturated rings. The second kappa shape index (κ2) is 4.74. The number of hydrogen-bond acceptors (Lipinski definition) is 3. The summed E-state index contributed by atoms with van der Waals surface area (Å²) < 4.78 is 23.9. The average Bonchev–Trinajstić information content (AvgIpc) is 2.71. The number of rotatable bonds is 4. The highest BCUT2D eigenvalue weighted by molar-refractivity contribution is 7.91. The third-order valence-electron chi connectivity index (χ3n) is 3.18. The Labute approximate surface area is 107 Å². The number of para-hydroxylation sites is 1. The van der Waals surface area contributed by atoms with Gasteiger partial charge in [0.1, 0.15) is 0 Å². The van der Waals surface area contributed by atoms with Gasteiger partial charge in [0, 0.05) is 18.1 Å². The van der Waals surface area contributed by atoms with Crippen molar-refractivity contribution in [1.82, 2.24) is 4.98 Å². The first kappa shape index (κ1) is 13.1. The van der Waals surface area contributed by atoms with Gasteiger partial charge < -0.3 is 10.7 Å². The van der Waals surface area contributed by atoms with Crippen LogP contribution in [0.4, 0.5) is 0 Å². The Kier molecular flexibility index (Phi) is 3.45. The van der Waals surface area contributed by atoms with Gasteiger partial charge in [0.2, 0.25) is 0 Å². The molecule has 0 aliphatic carbocycles. The van der Waals surface area contributed by atoms with Gasteiger partial charge in [-0.3, -0.25) is 0 Å². The minimum absolute atomic E-state index is 0.0681. The number of H-pyrrole nitrogens is 1. The number of aromatic nitrogens is 1. The molecule has 1 heterocycles. The maximum absolute atomic E-state index is 12.0. The minimum Gasteiger partial charge on any atom is -0.361 e. The van der Waals surface area contributed by atoms with Crippen molar-refractivity contribution in [2.24, 2.45) is 5.73 Å². The van der Waals surface area contributed by atoms with Gasteiger partial charge in [-0.05, 0) is 25.0 Å². The normalized spacial score (nSPS) is 12.4. The first-order valence-electron chi connectivity index (χ1n) is 5.95. The zero-order chi connectivity index (χ0) is 13.3. The van der Waals surface area contributed by atoms with Gasteiger partial charge in [0.25, 0.3) is 0 Å². The van der Waals surface area contributed by atoms with Crippen LogP contribution < -0.4 is 5.73 Å². The molecule has 0 saturated carbocycles. The van der Waals surface area contributed by atoms with Gasteiger partial charge in [0.15, 0.2) is 9.84 Å². The summed E-state index contributed by atoms with van der Waals surface area (Å²) in [6.45, 7) is 3.85. The van der Waals surface area contributed by atoms with E-state index in [1.807, 2.05) is 18.2 Å². The molecule has 1 aromatic heterocycles. The Bertz CT molecular complexity index is 657. The van der Waals surface area contributed by atoms with Crippen molar-refractivity contribution in [3.63, 3.8) is 0 Å². The summed E-state index contributed by atoms with van der Waals surface area (Å²) in [5.41, 5.74) is 8.42. The highest BCUT2D eigenvalue weighted by Gasteiger charge is 2.19. The molecule has 0 saturated heterocycles. The van der Waals surface area contributed by atoms with Crippen molar-refractivity contribution in [2.75, 3.05) is 0 Å². The molecule has 2 aromatic rings. The smallest absolute Gasteiger partial charge is 0.156 e. The van der Waals surface area contributed by atoms with Gasteiger partial charge in [-0.1, -0.05) is 18.2 Å². The van der Waals surface area contributed by atoms with Crippen LogP contribution in [0.1, 0.15) is 25.0 Å². The third-order valence-corrected chi connectivity index (χ3v) is 5.33. The van der Waals surface area contributed by atoms with Crippen molar-refractivity contribution in [2.45, 2.75) is 31.4 Å². The lowest BCUT2D eigenvalue weighted by Crippen LogP contribution is -2.15. The lowest BCUT2D eigenvalue weighted by Gasteiger charge is -2.06. The topological polar surface area (TPSA) is 76.0 Å². The summed E-state index contributed by atoms with van der Waals surface area (Å²) in [4.78, 5) is 3.12. The van der Waals surface area contributed by atoms with Crippen molar-refractivity contribution < 1.29 is 8.42 Å². The standard InChI is InChI=1S/C13H18N2O2S/c1-9(2)18(16,17)8-11-7-15-13-10(6-14)4-3-5-12(11)13/h3-5,7,9,15H,6,8,14H2,1-2H3. The molecule has 98 valence electrons. The van der Waals surface area contributed by atoms with Crippen LogP contribution in [-0.2, 0) is 22.1 Å². The van der Waals surface area contributed by atoms with Gasteiger partial charge in [0.05, 0.1) is 16.5 Å². The predicted octanol–water partition coefficient (Wildman–Crippen LogP) is 1.95. The maximum Gasteiger partial charge on any atom is 0.156 e. The number of hydrogen-bond donors (Lipinski definition) is 2. The number of benzene rings is 1. The predicted molar refractivity (Wildman–Crippen MR) is 73.9 cm³/mol. The molecule has 0 radical (unpaired) electrons. The zero-order valence-electron chi connectivity index (χ0n) is 10.6. The lowest BCUT2D eigenvalue weighted by atomic mass is 10.1. The lowest BCUT2D eigenvalue weighted by molar-refractivity contribution is 0.586. The van der Waals surface area contributed by atoms with Crippen LogP contribution in [0.3, 0.4) is 0 Å². The van der Waals surface area contributed by atoms with Crippen molar-refractivity contribution in [3.05, 3.63) is 35.5 Å². The van der Waals surface area contributed by atoms with Crippen LogP contribution in [-0.4, -0.2) is 18.7 Å². The molecule has 0 aliphatic heterocycles. The molecule has 1 aromatic carbocycles. The molecular formula is C13H18N2O2S. The number of nitrogens with one attached hydrogen (secondary N) is 1. The first-order valence-corrected chi connectivity index (χ1v) is 7.66. The van der Waals surface area contributed by atoms with E-state index in [1.165, 1.54) is 0 Å². The fourth-order valence-corrected chi connectivity index (χ4v) is 2.95. The first-order chi connectivity index (χ1) is 8.45. The van der Waals surface area contributed by atoms with Crippen LogP contribution in [0.2, 0.25) is 0 Å². The summed E-state index contributed by atoms with van der Waals surface area (Å²) in [7, 11) is -3.08. The van der Waals surface area contributed by atoms with Crippen LogP contribution >= 0.6 is 0 Å². The summed E-state index contributed by atoms with van der Waals surface area (Å²) in [6.07, 6.45) is 1.77. The molecule has 0 spiro atoms. The molecule has 18 heavy (non-hydrogen) atoms. The molecule has 0 bridgehead atoms. The molecule has 0 unspecified atom stereocenters. The third kappa shape index (κ3) is 2.28. The molecule has 0 aliphatic rings. The second-order valence-electron chi connectivity index (χ2n) is 4.71. The van der Waals surface area contributed by atoms with E-state index in [2.05, 4.69) is 4.98 Å². The van der Waals surface area contributed by atoms with Crippen LogP contribution in [0.25, 0.3) is 10.9 Å². The van der Waals surface area contributed by atoms with E-state index in [4.69, 9.17) is 5.73 Å². The van der Waals surface area contributed by atoms with E-state index in [0.29, 0.717) is 6.54 Å². The Balaban J connectivity index is 2.48. The van der Waals surface area contributed by atoms with Crippen molar-refractivity contribution in [3.8, 4) is 0 Å². The Morgan fingerprint density at radius 1 is 1.28 bits per heavy atom. The van der Waals surface area contributed by atoms with E-state index in [9.17, 15) is 8.42 Å². The number of fused-ring (bicyclic) bond motifs is 1. The van der Waals surface area contributed by atoms with Crippen molar-refractivity contribution in [1.29, 1.82) is 0 Å². The summed E-state index contributed by atoms with van der Waals surface area (Å²) in [5.74, 6) is 0.0681. The van der Waals surface area contributed by atoms with Gasteiger partial charge >= 0.3 is 0 Å². The molecule has 3 N–H and O–H groups in total. The van der Waals surface area contributed by atoms with Gasteiger partial charge in [-0.25, -0.2) is 8.42 Å². The van der Waals surface area contributed by atoms with Crippen LogP contribution in [0.15, 0.2) is 24.4 Å². The maximum atomic E-state index is 12.0. The molecule has 0 atom stereocenters. The van der Waals surface area contributed by atoms with Crippen molar-refractivity contribution >= 4 is 20.7 Å². The Morgan fingerprint density at radius 2 is 2.00 bits per heavy atom. The summed E-state index contributed by atoms with van der Waals surface area (Å²) in [6, 6.07) is 5.78. The largest absolute Gasteiger partial charge is 0.361 e. The van der Waals surface area contributed by atoms with Crippen LogP contribution in [0.5, 0.6) is 0 Å². The number of aromatic amines is 1. The fourth-order valence-electron chi connectivity index (χ4n) is 1.95. The zero-order valence-corrected chi connectivity index (χ0v) is 11.4. The van der Waals surface area contributed by atoms with E-state index in [0.717, 1.165) is 22.0 Å². The van der Waals surface area contributed by atoms with Gasteiger partial charge in [-0.15, -0.1) is 0 Å². The molecule has 0 amide bonds. The van der Waals surface area contributed by atoms with Crippen LogP contribution in [0, 0.1) is 0 Å². The molecule has 5 heteroatoms. The number of nitrogens with two attached hydrogens (primary N) is 1. The highest BCUT2D eigenvalue weighted by atomic mass is 32.2. The minimum atomic E-state index is -3.08. The SMILES string of the molecule is CC(C)S(=O)(=O)Cc1c[nH]c2c(CN)cccc12. The second-order valence-corrected chi connectivity index (χ2v) is 7.27. The average molecular weight is 266 g/mol. The molecule has 2 rings (SSSR count). The Morgan fingerprint density at radius 3 is 2.61 bits per heavy atom. The quantitative estimate of drug-likeness (QED) is 0.888. The molecule has 4 nitrogen and oxygen atoms in total. The molecular weight excluding hydrogens is 248 g/mol.